The first-order valence-corrected chi connectivity index (χ1v) is 6.45. The van der Waals surface area contributed by atoms with Crippen LogP contribution in [0.1, 0.15) is 18.4 Å². The molecule has 110 valence electrons. The van der Waals surface area contributed by atoms with Gasteiger partial charge in [0.2, 0.25) is 5.75 Å². The SMILES string of the molecule is COc1cc(CO)cc(OC)c1OCC(=O)NC1CC1. The lowest BCUT2D eigenvalue weighted by atomic mass is 10.2. The first-order valence-electron chi connectivity index (χ1n) is 6.45. The minimum absolute atomic E-state index is 0.0955. The minimum Gasteiger partial charge on any atom is -0.493 e. The minimum atomic E-state index is -0.164. The average Bonchev–Trinajstić information content (AvgIpc) is 3.27. The molecule has 0 saturated heterocycles. The Morgan fingerprint density at radius 3 is 2.35 bits per heavy atom. The fourth-order valence-electron chi connectivity index (χ4n) is 1.80. The lowest BCUT2D eigenvalue weighted by Gasteiger charge is -2.15. The predicted octanol–water partition coefficient (Wildman–Crippen LogP) is 0.853. The van der Waals surface area contributed by atoms with Gasteiger partial charge in [-0.1, -0.05) is 0 Å². The Morgan fingerprint density at radius 2 is 1.90 bits per heavy atom. The number of hydrogen-bond donors (Lipinski definition) is 2. The molecule has 1 aliphatic rings. The van der Waals surface area contributed by atoms with Gasteiger partial charge in [-0.15, -0.1) is 0 Å². The highest BCUT2D eigenvalue weighted by atomic mass is 16.5. The van der Waals surface area contributed by atoms with E-state index in [0.717, 1.165) is 12.8 Å². The lowest BCUT2D eigenvalue weighted by molar-refractivity contribution is -0.123. The molecule has 6 nitrogen and oxygen atoms in total. The molecule has 0 aromatic heterocycles. The number of carbonyl (C=O) groups excluding carboxylic acids is 1. The van der Waals surface area contributed by atoms with E-state index in [1.54, 1.807) is 12.1 Å². The van der Waals surface area contributed by atoms with Gasteiger partial charge in [-0.2, -0.15) is 0 Å². The third kappa shape index (κ3) is 3.54. The van der Waals surface area contributed by atoms with Crippen molar-refractivity contribution in [3.63, 3.8) is 0 Å². The van der Waals surface area contributed by atoms with Gasteiger partial charge in [-0.3, -0.25) is 4.79 Å². The summed E-state index contributed by atoms with van der Waals surface area (Å²) in [5.74, 6) is 1.04. The number of carbonyl (C=O) groups is 1. The molecule has 0 bridgehead atoms. The monoisotopic (exact) mass is 281 g/mol. The molecule has 1 fully saturated rings. The zero-order chi connectivity index (χ0) is 14.5. The maximum atomic E-state index is 11.6. The summed E-state index contributed by atoms with van der Waals surface area (Å²) in [4.78, 5) is 11.6. The Balaban J connectivity index is 2.09. The van der Waals surface area contributed by atoms with E-state index in [2.05, 4.69) is 5.32 Å². The summed E-state index contributed by atoms with van der Waals surface area (Å²) < 4.78 is 15.9. The molecule has 1 aromatic rings. The zero-order valence-electron chi connectivity index (χ0n) is 11.6. The topological polar surface area (TPSA) is 77.0 Å². The van der Waals surface area contributed by atoms with E-state index in [4.69, 9.17) is 14.2 Å². The third-order valence-electron chi connectivity index (χ3n) is 2.99. The largest absolute Gasteiger partial charge is 0.493 e. The quantitative estimate of drug-likeness (QED) is 0.775. The Kier molecular flexibility index (Phi) is 4.68. The Hall–Kier alpha value is -1.95. The van der Waals surface area contributed by atoms with E-state index in [9.17, 15) is 9.90 Å². The Bertz CT molecular complexity index is 459. The van der Waals surface area contributed by atoms with E-state index in [1.807, 2.05) is 0 Å². The molecule has 0 heterocycles. The number of aliphatic hydroxyl groups is 1. The zero-order valence-corrected chi connectivity index (χ0v) is 11.6. The Morgan fingerprint density at radius 1 is 1.30 bits per heavy atom. The standard InChI is InChI=1S/C14H19NO5/c1-18-11-5-9(7-16)6-12(19-2)14(11)20-8-13(17)15-10-3-4-10/h5-6,10,16H,3-4,7-8H2,1-2H3,(H,15,17). The third-order valence-corrected chi connectivity index (χ3v) is 2.99. The molecule has 20 heavy (non-hydrogen) atoms. The molecule has 0 aliphatic heterocycles. The number of aliphatic hydroxyl groups excluding tert-OH is 1. The summed E-state index contributed by atoms with van der Waals surface area (Å²) in [5.41, 5.74) is 0.647. The van der Waals surface area contributed by atoms with Crippen LogP contribution in [0.5, 0.6) is 17.2 Å². The molecule has 1 saturated carbocycles. The molecule has 6 heteroatoms. The van der Waals surface area contributed by atoms with Crippen LogP contribution in [0.3, 0.4) is 0 Å². The molecule has 2 rings (SSSR count). The van der Waals surface area contributed by atoms with Gasteiger partial charge in [-0.05, 0) is 30.5 Å². The maximum Gasteiger partial charge on any atom is 0.258 e. The molecule has 1 aliphatic carbocycles. The molecular formula is C14H19NO5. The highest BCUT2D eigenvalue weighted by molar-refractivity contribution is 5.78. The van der Waals surface area contributed by atoms with E-state index in [0.29, 0.717) is 28.9 Å². The van der Waals surface area contributed by atoms with Crippen LogP contribution in [0.25, 0.3) is 0 Å². The summed E-state index contributed by atoms with van der Waals surface area (Å²) in [6, 6.07) is 3.60. The van der Waals surface area contributed by atoms with Crippen LogP contribution in [0.2, 0.25) is 0 Å². The number of amides is 1. The molecular weight excluding hydrogens is 262 g/mol. The van der Waals surface area contributed by atoms with Crippen molar-refractivity contribution in [3.05, 3.63) is 17.7 Å². The van der Waals surface area contributed by atoms with Crippen LogP contribution in [0, 0.1) is 0 Å². The van der Waals surface area contributed by atoms with Crippen LogP contribution in [0.4, 0.5) is 0 Å². The van der Waals surface area contributed by atoms with Gasteiger partial charge in [-0.25, -0.2) is 0 Å². The van der Waals surface area contributed by atoms with Crippen molar-refractivity contribution in [1.29, 1.82) is 0 Å². The van der Waals surface area contributed by atoms with Crippen LogP contribution in [0.15, 0.2) is 12.1 Å². The molecule has 0 atom stereocenters. The van der Waals surface area contributed by atoms with Crippen molar-refractivity contribution < 1.29 is 24.1 Å². The molecule has 1 aromatic carbocycles. The second-order valence-electron chi connectivity index (χ2n) is 4.62. The van der Waals surface area contributed by atoms with Crippen molar-refractivity contribution in [2.45, 2.75) is 25.5 Å². The van der Waals surface area contributed by atoms with Crippen molar-refractivity contribution in [2.75, 3.05) is 20.8 Å². The summed E-state index contributed by atoms with van der Waals surface area (Å²) in [6.45, 7) is -0.225. The second kappa shape index (κ2) is 6.47. The number of benzene rings is 1. The molecule has 2 N–H and O–H groups in total. The van der Waals surface area contributed by atoms with E-state index >= 15 is 0 Å². The number of methoxy groups -OCH3 is 2. The molecule has 0 radical (unpaired) electrons. The van der Waals surface area contributed by atoms with Gasteiger partial charge in [0.15, 0.2) is 18.1 Å². The van der Waals surface area contributed by atoms with Gasteiger partial charge in [0.05, 0.1) is 20.8 Å². The number of nitrogens with one attached hydrogen (secondary N) is 1. The predicted molar refractivity (Wildman–Crippen MR) is 72.1 cm³/mol. The van der Waals surface area contributed by atoms with Gasteiger partial charge < -0.3 is 24.6 Å². The number of rotatable bonds is 7. The highest BCUT2D eigenvalue weighted by Gasteiger charge is 2.24. The average molecular weight is 281 g/mol. The highest BCUT2D eigenvalue weighted by Crippen LogP contribution is 2.38. The number of hydrogen-bond acceptors (Lipinski definition) is 5. The van der Waals surface area contributed by atoms with E-state index in [1.165, 1.54) is 14.2 Å². The van der Waals surface area contributed by atoms with Gasteiger partial charge in [0, 0.05) is 6.04 Å². The summed E-state index contributed by atoms with van der Waals surface area (Å²) in [6.07, 6.45) is 2.06. The first-order chi connectivity index (χ1) is 9.67. The van der Waals surface area contributed by atoms with Crippen molar-refractivity contribution in [2.24, 2.45) is 0 Å². The van der Waals surface area contributed by atoms with Crippen LogP contribution in [-0.4, -0.2) is 37.9 Å². The maximum absolute atomic E-state index is 11.6. The first kappa shape index (κ1) is 14.5. The Labute approximate surface area is 117 Å². The van der Waals surface area contributed by atoms with E-state index < -0.39 is 0 Å². The molecule has 0 unspecified atom stereocenters. The van der Waals surface area contributed by atoms with Crippen LogP contribution in [-0.2, 0) is 11.4 Å². The summed E-state index contributed by atoms with van der Waals surface area (Å²) in [5, 5.41) is 12.0. The summed E-state index contributed by atoms with van der Waals surface area (Å²) >= 11 is 0. The van der Waals surface area contributed by atoms with Gasteiger partial charge >= 0.3 is 0 Å². The molecule has 0 spiro atoms. The van der Waals surface area contributed by atoms with Crippen LogP contribution >= 0.6 is 0 Å². The van der Waals surface area contributed by atoms with Crippen molar-refractivity contribution in [1.82, 2.24) is 5.32 Å². The van der Waals surface area contributed by atoms with Crippen molar-refractivity contribution >= 4 is 5.91 Å². The fraction of sp³-hybridized carbons (Fsp3) is 0.500. The van der Waals surface area contributed by atoms with Crippen molar-refractivity contribution in [3.8, 4) is 17.2 Å². The number of ether oxygens (including phenoxy) is 3. The second-order valence-corrected chi connectivity index (χ2v) is 4.62. The smallest absolute Gasteiger partial charge is 0.258 e. The summed E-state index contributed by atoms with van der Waals surface area (Å²) in [7, 11) is 2.99. The lowest BCUT2D eigenvalue weighted by Crippen LogP contribution is -2.30. The van der Waals surface area contributed by atoms with Crippen LogP contribution < -0.4 is 19.5 Å². The molecule has 1 amide bonds. The van der Waals surface area contributed by atoms with E-state index in [-0.39, 0.29) is 19.1 Å². The fourth-order valence-corrected chi connectivity index (χ4v) is 1.80. The van der Waals surface area contributed by atoms with Gasteiger partial charge in [0.25, 0.3) is 5.91 Å². The normalized spacial score (nSPS) is 13.8. The van der Waals surface area contributed by atoms with Gasteiger partial charge in [0.1, 0.15) is 0 Å².